The van der Waals surface area contributed by atoms with E-state index in [2.05, 4.69) is 39.8 Å². The Hall–Kier alpha value is -4.82. The molecule has 5 atom stereocenters. The van der Waals surface area contributed by atoms with Gasteiger partial charge in [0, 0.05) is 31.6 Å². The minimum absolute atomic E-state index is 0.127. The molecule has 1 saturated heterocycles. The van der Waals surface area contributed by atoms with Gasteiger partial charge in [0.15, 0.2) is 0 Å². The zero-order chi connectivity index (χ0) is 39.0. The highest BCUT2D eigenvalue weighted by atomic mass is 32.2. The second-order valence-electron chi connectivity index (χ2n) is 15.9. The first-order chi connectivity index (χ1) is 27.0. The molecule has 12 nitrogen and oxygen atoms in total. The summed E-state index contributed by atoms with van der Waals surface area (Å²) in [5, 5.41) is 8.11. The van der Waals surface area contributed by atoms with E-state index in [4.69, 9.17) is 4.74 Å². The molecule has 5 aliphatic rings. The number of nitrogens with one attached hydrogen (secondary N) is 3. The molecule has 3 N–H and O–H groups in total. The number of ether oxygens (including phenoxy) is 1. The van der Waals surface area contributed by atoms with Gasteiger partial charge < -0.3 is 20.3 Å². The Labute approximate surface area is 326 Å². The molecular formula is C42H48FN5O7S. The maximum absolute atomic E-state index is 14.7. The number of amides is 4. The van der Waals surface area contributed by atoms with Crippen molar-refractivity contribution < 1.29 is 36.7 Å². The number of allylic oxidation sites excluding steroid dienone is 1. The molecule has 8 rings (SSSR count). The number of alkyl carbamates (subject to hydrolysis) is 1. The van der Waals surface area contributed by atoms with Gasteiger partial charge in [0.25, 0.3) is 15.9 Å². The van der Waals surface area contributed by atoms with Crippen LogP contribution in [0.5, 0.6) is 0 Å². The fraction of sp³-hybridized carbons (Fsp3) is 0.476. The molecule has 2 aliphatic carbocycles. The van der Waals surface area contributed by atoms with E-state index in [-0.39, 0.29) is 31.5 Å². The predicted octanol–water partition coefficient (Wildman–Crippen LogP) is 5.20. The number of hydrogen-bond donors (Lipinski definition) is 3. The minimum Gasteiger partial charge on any atom is -0.446 e. The van der Waals surface area contributed by atoms with Gasteiger partial charge in [-0.3, -0.25) is 19.3 Å². The predicted molar refractivity (Wildman–Crippen MR) is 206 cm³/mol. The van der Waals surface area contributed by atoms with E-state index in [0.717, 1.165) is 67.2 Å². The lowest BCUT2D eigenvalue weighted by atomic mass is 9.94. The summed E-state index contributed by atoms with van der Waals surface area (Å²) < 4.78 is 48.9. The molecule has 4 amide bonds. The molecule has 4 unspecified atom stereocenters. The average Bonchev–Trinajstić information content (AvgIpc) is 3.46. The van der Waals surface area contributed by atoms with Crippen LogP contribution in [-0.4, -0.2) is 78.3 Å². The van der Waals surface area contributed by atoms with E-state index in [1.807, 2.05) is 29.0 Å². The Balaban J connectivity index is 1.09. The molecular weight excluding hydrogens is 738 g/mol. The largest absolute Gasteiger partial charge is 0.446 e. The Bertz CT molecular complexity index is 2130. The summed E-state index contributed by atoms with van der Waals surface area (Å²) in [4.78, 5) is 59.6. The first kappa shape index (κ1) is 38.1. The first-order valence-electron chi connectivity index (χ1n) is 19.8. The Morgan fingerprint density at radius 3 is 2.34 bits per heavy atom. The van der Waals surface area contributed by atoms with Crippen molar-refractivity contribution in [2.75, 3.05) is 6.54 Å². The highest BCUT2D eigenvalue weighted by Crippen LogP contribution is 2.46. The number of halogens is 1. The zero-order valence-electron chi connectivity index (χ0n) is 31.3. The normalized spacial score (nSPS) is 28.0. The van der Waals surface area contributed by atoms with Gasteiger partial charge in [-0.25, -0.2) is 22.3 Å². The smallest absolute Gasteiger partial charge is 0.408 e. The van der Waals surface area contributed by atoms with Crippen LogP contribution in [0.2, 0.25) is 0 Å². The molecule has 3 aliphatic heterocycles. The topological polar surface area (TPSA) is 154 Å². The van der Waals surface area contributed by atoms with Crippen molar-refractivity contribution in [3.63, 3.8) is 0 Å². The molecule has 14 heteroatoms. The molecule has 3 aromatic rings. The summed E-state index contributed by atoms with van der Waals surface area (Å²) in [7, 11) is -4.63. The Morgan fingerprint density at radius 2 is 1.61 bits per heavy atom. The van der Waals surface area contributed by atoms with Crippen molar-refractivity contribution in [3.8, 4) is 0 Å². The van der Waals surface area contributed by atoms with Crippen LogP contribution in [0.4, 0.5) is 9.18 Å². The summed E-state index contributed by atoms with van der Waals surface area (Å²) in [6.45, 7) is 1.42. The van der Waals surface area contributed by atoms with Crippen LogP contribution in [0.25, 0.3) is 10.8 Å². The number of carbonyl (C=O) groups excluding carboxylic acids is 4. The van der Waals surface area contributed by atoms with Crippen LogP contribution in [0.3, 0.4) is 0 Å². The molecule has 0 aromatic heterocycles. The second-order valence-corrected chi connectivity index (χ2v) is 17.6. The fourth-order valence-corrected chi connectivity index (χ4v) is 10.3. The van der Waals surface area contributed by atoms with Crippen molar-refractivity contribution in [1.82, 2.24) is 25.2 Å². The van der Waals surface area contributed by atoms with Gasteiger partial charge in [-0.2, -0.15) is 0 Å². The van der Waals surface area contributed by atoms with E-state index in [1.165, 1.54) is 22.4 Å². The summed E-state index contributed by atoms with van der Waals surface area (Å²) >= 11 is 0. The van der Waals surface area contributed by atoms with Gasteiger partial charge in [0.2, 0.25) is 11.8 Å². The molecule has 3 fully saturated rings. The average molecular weight is 786 g/mol. The summed E-state index contributed by atoms with van der Waals surface area (Å²) in [5.74, 6) is -3.52. The lowest BCUT2D eigenvalue weighted by Gasteiger charge is -2.34. The van der Waals surface area contributed by atoms with Crippen LogP contribution in [0.1, 0.15) is 81.8 Å². The van der Waals surface area contributed by atoms with E-state index >= 15 is 0 Å². The highest BCUT2D eigenvalue weighted by Gasteiger charge is 2.62. The van der Waals surface area contributed by atoms with Crippen LogP contribution >= 0.6 is 0 Å². The molecule has 56 heavy (non-hydrogen) atoms. The number of fused-ring (bicyclic) bond motifs is 2. The number of nitrogens with zero attached hydrogens (tertiary/aromatic N) is 2. The third-order valence-electron chi connectivity index (χ3n) is 12.2. The number of carbonyl (C=O) groups is 4. The minimum atomic E-state index is -4.63. The molecule has 0 radical (unpaired) electrons. The SMILES string of the molecule is O=C(NC1CCCCC/C=C/C2CC2(C(=O)NS(=O)(=O)c2ccccc2F)NC(=O)C2C[C@@H](N3Cc4cccc5cccc(c45)C3)CN2C1=O)OC1CCCC1. The molecule has 3 aromatic carbocycles. The van der Waals surface area contributed by atoms with Crippen LogP contribution < -0.4 is 15.4 Å². The maximum atomic E-state index is 14.7. The van der Waals surface area contributed by atoms with Crippen molar-refractivity contribution in [2.24, 2.45) is 5.92 Å². The van der Waals surface area contributed by atoms with E-state index in [9.17, 15) is 32.0 Å². The van der Waals surface area contributed by atoms with Crippen LogP contribution in [0.15, 0.2) is 77.7 Å². The van der Waals surface area contributed by atoms with Gasteiger partial charge in [-0.05, 0) is 91.8 Å². The van der Waals surface area contributed by atoms with Gasteiger partial charge in [-0.1, -0.05) is 73.5 Å². The number of hydrogen-bond acceptors (Lipinski definition) is 8. The fourth-order valence-electron chi connectivity index (χ4n) is 9.14. The summed E-state index contributed by atoms with van der Waals surface area (Å²) in [6, 6.07) is 15.0. The van der Waals surface area contributed by atoms with Crippen molar-refractivity contribution in [1.29, 1.82) is 0 Å². The van der Waals surface area contributed by atoms with Crippen LogP contribution in [0, 0.1) is 11.7 Å². The van der Waals surface area contributed by atoms with E-state index in [0.29, 0.717) is 32.4 Å². The van der Waals surface area contributed by atoms with Gasteiger partial charge in [0.1, 0.15) is 34.4 Å². The van der Waals surface area contributed by atoms with Gasteiger partial charge in [0.05, 0.1) is 0 Å². The molecule has 296 valence electrons. The standard InChI is InChI=1S/C42H48FN5O7S/c43-33-19-8-9-21-36(33)56(53,54)46-40(51)42-23-30(42)16-4-2-1-3-5-20-34(44-41(52)55-32-17-6-7-18-32)39(50)48-26-31(22-35(48)38(49)45-42)47-24-28-14-10-12-27-13-11-15-29(25-47)37(27)28/h4,8-16,19,21,30-32,34-35H,1-3,5-7,17-18,20,22-26H2,(H,44,52)(H,45,49)(H,46,51)/b16-4+/t30?,31-,34?,35?,42?/m1/s1. The highest BCUT2D eigenvalue weighted by molar-refractivity contribution is 7.90. The summed E-state index contributed by atoms with van der Waals surface area (Å²) in [5.41, 5.74) is 0.664. The maximum Gasteiger partial charge on any atom is 0.408 e. The lowest BCUT2D eigenvalue weighted by molar-refractivity contribution is -0.141. The van der Waals surface area contributed by atoms with Crippen molar-refractivity contribution >= 4 is 44.6 Å². The van der Waals surface area contributed by atoms with E-state index < -0.39 is 68.1 Å². The van der Waals surface area contributed by atoms with Crippen molar-refractivity contribution in [3.05, 3.63) is 89.8 Å². The molecule has 0 bridgehead atoms. The van der Waals surface area contributed by atoms with Gasteiger partial charge in [-0.15, -0.1) is 0 Å². The zero-order valence-corrected chi connectivity index (χ0v) is 32.1. The summed E-state index contributed by atoms with van der Waals surface area (Å²) in [6.07, 6.45) is 10.0. The third kappa shape index (κ3) is 7.65. The van der Waals surface area contributed by atoms with Crippen molar-refractivity contribution in [2.45, 2.75) is 118 Å². The molecule has 3 heterocycles. The Kier molecular flexibility index (Phi) is 10.6. The number of sulfonamides is 1. The quantitative estimate of drug-likeness (QED) is 0.289. The first-order valence-corrected chi connectivity index (χ1v) is 21.3. The number of rotatable bonds is 6. The second kappa shape index (κ2) is 15.6. The monoisotopic (exact) mass is 785 g/mol. The lowest BCUT2D eigenvalue weighted by Crippen LogP contribution is -2.58. The van der Waals surface area contributed by atoms with Gasteiger partial charge >= 0.3 is 6.09 Å². The molecule has 2 saturated carbocycles. The van der Waals surface area contributed by atoms with Crippen LogP contribution in [-0.2, 0) is 42.2 Å². The Morgan fingerprint density at radius 1 is 0.893 bits per heavy atom. The number of benzene rings is 3. The molecule has 0 spiro atoms. The van der Waals surface area contributed by atoms with E-state index in [1.54, 1.807) is 0 Å². The third-order valence-corrected chi connectivity index (χ3v) is 13.6.